The Morgan fingerprint density at radius 2 is 1.43 bits per heavy atom. The Morgan fingerprint density at radius 1 is 1.07 bits per heavy atom. The third-order valence-corrected chi connectivity index (χ3v) is 1.32. The van der Waals surface area contributed by atoms with Gasteiger partial charge in [0.25, 0.3) is 0 Å². The van der Waals surface area contributed by atoms with Gasteiger partial charge in [0.05, 0.1) is 5.56 Å². The number of phenolic OH excluding ortho intramolecular Hbond substituents is 3. The summed E-state index contributed by atoms with van der Waals surface area (Å²) in [5.74, 6) is -3.33. The average molecular weight is 591 g/mol. The Morgan fingerprint density at radius 3 is 1.71 bits per heavy atom. The summed E-state index contributed by atoms with van der Waals surface area (Å²) in [6, 6.07) is 1.69. The van der Waals surface area contributed by atoms with Crippen molar-refractivity contribution in [3.05, 3.63) is 17.7 Å². The topological polar surface area (TPSA) is 98.0 Å². The van der Waals surface area contributed by atoms with Gasteiger partial charge in [0.1, 0.15) is 0 Å². The van der Waals surface area contributed by atoms with E-state index in [1.54, 1.807) is 0 Å². The van der Waals surface area contributed by atoms with Crippen LogP contribution in [0.25, 0.3) is 0 Å². The fourth-order valence-electron chi connectivity index (χ4n) is 0.728. The summed E-state index contributed by atoms with van der Waals surface area (Å²) >= 11 is 0. The van der Waals surface area contributed by atoms with E-state index < -0.39 is 23.2 Å². The van der Waals surface area contributed by atoms with Crippen LogP contribution < -0.4 is 0 Å². The van der Waals surface area contributed by atoms with E-state index >= 15 is 0 Å². The maximum atomic E-state index is 10.3. The molecule has 1 aromatic carbocycles. The van der Waals surface area contributed by atoms with Crippen molar-refractivity contribution in [3.8, 4) is 17.2 Å². The van der Waals surface area contributed by atoms with E-state index in [2.05, 4.69) is 0 Å². The molecule has 1 rings (SSSR count). The molecule has 0 heterocycles. The van der Waals surface area contributed by atoms with Crippen molar-refractivity contribution < 1.29 is 25.2 Å². The number of rotatable bonds is 1. The van der Waals surface area contributed by atoms with Gasteiger partial charge in [0.2, 0.25) is 0 Å². The summed E-state index contributed by atoms with van der Waals surface area (Å²) in [5.41, 5.74) is -0.289. The number of benzene rings is 1. The molecule has 0 aliphatic carbocycles. The van der Waals surface area contributed by atoms with Crippen molar-refractivity contribution >= 4 is 59.5 Å². The van der Waals surface area contributed by atoms with Gasteiger partial charge < -0.3 is 20.4 Å². The van der Waals surface area contributed by atoms with Gasteiger partial charge in [0, 0.05) is 0 Å². The van der Waals surface area contributed by atoms with Crippen molar-refractivity contribution in [1.29, 1.82) is 0 Å². The molecule has 7 heteroatoms. The monoisotopic (exact) mass is 592 g/mol. The molecule has 1 aromatic rings. The molecule has 0 saturated carbocycles. The van der Waals surface area contributed by atoms with Gasteiger partial charge in [-0.15, -0.1) is 0 Å². The van der Waals surface area contributed by atoms with Gasteiger partial charge in [-0.2, -0.15) is 0 Å². The Labute approximate surface area is 119 Å². The number of phenols is 3. The van der Waals surface area contributed by atoms with E-state index in [0.29, 0.717) is 0 Å². The second-order valence-electron chi connectivity index (χ2n) is 2.17. The molecule has 0 atom stereocenters. The van der Waals surface area contributed by atoms with E-state index in [4.69, 9.17) is 20.4 Å². The van der Waals surface area contributed by atoms with Crippen molar-refractivity contribution in [3.63, 3.8) is 0 Å². The number of carbonyl (C=O) groups is 1. The van der Waals surface area contributed by atoms with Gasteiger partial charge in [-0.1, -0.05) is 0 Å². The summed E-state index contributed by atoms with van der Waals surface area (Å²) in [7, 11) is 0. The maximum absolute atomic E-state index is 10.3. The van der Waals surface area contributed by atoms with Crippen LogP contribution in [0, 0.1) is 0 Å². The second kappa shape index (κ2) is 6.39. The van der Waals surface area contributed by atoms with Crippen molar-refractivity contribution in [1.82, 2.24) is 0 Å². The average Bonchev–Trinajstić information content (AvgIpc) is 1.99. The first-order valence-electron chi connectivity index (χ1n) is 3.00. The zero-order chi connectivity index (χ0) is 9.30. The Bertz CT molecular complexity index is 318. The molecule has 5 nitrogen and oxygen atoms in total. The molecule has 0 aromatic heterocycles. The number of aromatic carboxylic acids is 1. The van der Waals surface area contributed by atoms with E-state index in [9.17, 15) is 4.79 Å². The fraction of sp³-hybridized carbons (Fsp3) is 0. The normalized spacial score (nSPS) is 8.29. The molecule has 0 bridgehead atoms. The molecule has 0 spiro atoms. The number of hydrogen-bond acceptors (Lipinski definition) is 4. The van der Waals surface area contributed by atoms with Crippen molar-refractivity contribution in [2.24, 2.45) is 0 Å². The standard InChI is InChI=1S/C7H6O5.Bi.Pb.5H/c8-4-1-3(7(11)12)2-5(9)6(4)10;;;;;;;/h1-2,8-10H,(H,11,12);;;;;;;. The van der Waals surface area contributed by atoms with E-state index in [1.165, 1.54) is 0 Å². The van der Waals surface area contributed by atoms with E-state index in [0.717, 1.165) is 12.1 Å². The molecule has 2 radical (unpaired) electrons. The number of aromatic hydroxyl groups is 3. The SMILES string of the molecule is O=C(O)c1cc(O)c(O)c(O)c1.[BiH3].[PbH2]. The van der Waals surface area contributed by atoms with Crippen LogP contribution in [-0.2, 0) is 0 Å². The van der Waals surface area contributed by atoms with Crippen LogP contribution in [0.3, 0.4) is 0 Å². The van der Waals surface area contributed by atoms with Crippen LogP contribution in [0.15, 0.2) is 12.1 Å². The minimum absolute atomic E-state index is 0. The molecule has 78 valence electrons. The minimum atomic E-state index is -1.29. The van der Waals surface area contributed by atoms with Crippen molar-refractivity contribution in [2.75, 3.05) is 0 Å². The van der Waals surface area contributed by atoms with Crippen LogP contribution in [-0.4, -0.2) is 79.9 Å². The first-order chi connectivity index (χ1) is 5.52. The fourth-order valence-corrected chi connectivity index (χ4v) is 0.728. The number of carboxylic acids is 1. The predicted molar refractivity (Wildman–Crippen MR) is 56.9 cm³/mol. The Balaban J connectivity index is 0. The van der Waals surface area contributed by atoms with E-state index in [1.807, 2.05) is 0 Å². The third-order valence-electron chi connectivity index (χ3n) is 1.32. The van der Waals surface area contributed by atoms with Crippen LogP contribution in [0.1, 0.15) is 10.4 Å². The molecule has 0 unspecified atom stereocenters. The summed E-state index contributed by atoms with van der Waals surface area (Å²) < 4.78 is 0. The zero-order valence-electron chi connectivity index (χ0n) is 7.27. The molecule has 0 fully saturated rings. The van der Waals surface area contributed by atoms with Crippen molar-refractivity contribution in [2.45, 2.75) is 0 Å². The summed E-state index contributed by atoms with van der Waals surface area (Å²) in [6.45, 7) is 0. The van der Waals surface area contributed by atoms with Crippen LogP contribution in [0.2, 0.25) is 0 Å². The molecule has 0 aliphatic rings. The Kier molecular flexibility index (Phi) is 7.46. The van der Waals surface area contributed by atoms with Crippen LogP contribution in [0.5, 0.6) is 17.2 Å². The van der Waals surface area contributed by atoms with Gasteiger partial charge in [-0.25, -0.2) is 4.79 Å². The summed E-state index contributed by atoms with van der Waals surface area (Å²) in [5, 5.41) is 35.0. The third kappa shape index (κ3) is 3.57. The summed E-state index contributed by atoms with van der Waals surface area (Å²) in [6.07, 6.45) is 0. The first-order valence-corrected chi connectivity index (χ1v) is 3.00. The second-order valence-corrected chi connectivity index (χ2v) is 2.17. The molecular weight excluding hydrogens is 580 g/mol. The first kappa shape index (κ1) is 16.3. The number of carboxylic acid groups (broad SMARTS) is 1. The quantitative estimate of drug-likeness (QED) is 0.233. The predicted octanol–water partition coefficient (Wildman–Crippen LogP) is -1.60. The molecule has 0 amide bonds. The van der Waals surface area contributed by atoms with E-state index in [-0.39, 0.29) is 59.1 Å². The number of hydrogen-bond donors (Lipinski definition) is 4. The van der Waals surface area contributed by atoms with Gasteiger partial charge in [-0.05, 0) is 12.1 Å². The zero-order valence-corrected chi connectivity index (χ0v) is 18.3. The van der Waals surface area contributed by atoms with Gasteiger partial charge in [-0.3, -0.25) is 0 Å². The summed E-state index contributed by atoms with van der Waals surface area (Å²) in [4.78, 5) is 10.3. The molecule has 4 N–H and O–H groups in total. The van der Waals surface area contributed by atoms with Gasteiger partial charge >= 0.3 is 59.5 Å². The van der Waals surface area contributed by atoms with Gasteiger partial charge in [0.15, 0.2) is 17.2 Å². The molecule has 14 heavy (non-hydrogen) atoms. The molecule has 0 saturated heterocycles. The molecular formula is C7H11BiO5Pb. The molecule has 0 aliphatic heterocycles. The van der Waals surface area contributed by atoms with Crippen LogP contribution in [0.4, 0.5) is 0 Å². The Hall–Kier alpha value is -0.105. The van der Waals surface area contributed by atoms with Crippen LogP contribution >= 0.6 is 0 Å².